The van der Waals surface area contributed by atoms with Gasteiger partial charge in [-0.2, -0.15) is 0 Å². The molecule has 0 fully saturated rings. The number of hydrogen-bond acceptors (Lipinski definition) is 5. The van der Waals surface area contributed by atoms with E-state index in [-0.39, 0.29) is 23.5 Å². The molecule has 4 N–H and O–H groups in total. The van der Waals surface area contributed by atoms with Crippen molar-refractivity contribution in [2.24, 2.45) is 0 Å². The molecule has 25 heavy (non-hydrogen) atoms. The fraction of sp³-hybridized carbons (Fsp3) is 0.278. The number of aliphatic hydroxyl groups is 1. The van der Waals surface area contributed by atoms with Crippen molar-refractivity contribution >= 4 is 17.3 Å². The number of amides is 1. The van der Waals surface area contributed by atoms with Crippen LogP contribution in [0.25, 0.3) is 0 Å². The smallest absolute Gasteiger partial charge is 0.292 e. The van der Waals surface area contributed by atoms with E-state index in [9.17, 15) is 20.0 Å². The highest BCUT2D eigenvalue weighted by Gasteiger charge is 2.34. The lowest BCUT2D eigenvalue weighted by atomic mass is 9.79. The summed E-state index contributed by atoms with van der Waals surface area (Å²) in [5.74, 6) is -0.487. The van der Waals surface area contributed by atoms with Crippen molar-refractivity contribution in [1.29, 1.82) is 0 Å². The van der Waals surface area contributed by atoms with E-state index in [1.807, 2.05) is 24.3 Å². The van der Waals surface area contributed by atoms with Crippen LogP contribution in [0.5, 0.6) is 0 Å². The predicted molar refractivity (Wildman–Crippen MR) is 93.1 cm³/mol. The van der Waals surface area contributed by atoms with Crippen LogP contribution in [0, 0.1) is 10.1 Å². The number of anilines is 1. The number of benzene rings is 2. The number of carbonyl (C=O) groups excluding carboxylic acids is 1. The molecule has 7 nitrogen and oxygen atoms in total. The summed E-state index contributed by atoms with van der Waals surface area (Å²) in [4.78, 5) is 22.7. The Kier molecular flexibility index (Phi) is 4.41. The van der Waals surface area contributed by atoms with Crippen molar-refractivity contribution in [3.8, 4) is 0 Å². The second-order valence-electron chi connectivity index (χ2n) is 6.26. The monoisotopic (exact) mass is 341 g/mol. The molecule has 3 rings (SSSR count). The molecule has 0 radical (unpaired) electrons. The minimum absolute atomic E-state index is 0.00128. The third-order valence-corrected chi connectivity index (χ3v) is 4.59. The minimum atomic E-state index is -1.13. The van der Waals surface area contributed by atoms with Gasteiger partial charge in [-0.05, 0) is 42.5 Å². The fourth-order valence-electron chi connectivity index (χ4n) is 3.25. The molecule has 1 atom stereocenters. The van der Waals surface area contributed by atoms with Crippen LogP contribution in [0.4, 0.5) is 11.4 Å². The number of nitrogens with zero attached hydrogens (tertiary/aromatic N) is 1. The molecule has 0 spiro atoms. The molecule has 0 heterocycles. The van der Waals surface area contributed by atoms with Gasteiger partial charge in [-0.1, -0.05) is 24.3 Å². The summed E-state index contributed by atoms with van der Waals surface area (Å²) >= 11 is 0. The van der Waals surface area contributed by atoms with E-state index < -0.39 is 16.4 Å². The number of nitrogen functional groups attached to an aromatic ring is 1. The molecule has 0 saturated heterocycles. The molecule has 1 amide bonds. The number of nitrogens with two attached hydrogens (primary N) is 1. The number of fused-ring (bicyclic) bond motifs is 1. The predicted octanol–water partition coefficient (Wildman–Crippen LogP) is 2.13. The Morgan fingerprint density at radius 2 is 2.08 bits per heavy atom. The average molecular weight is 341 g/mol. The molecule has 7 heteroatoms. The van der Waals surface area contributed by atoms with Gasteiger partial charge in [-0.15, -0.1) is 0 Å². The van der Waals surface area contributed by atoms with E-state index in [1.165, 1.54) is 12.1 Å². The van der Waals surface area contributed by atoms with Crippen LogP contribution in [0.2, 0.25) is 0 Å². The number of nitro groups is 1. The van der Waals surface area contributed by atoms with Crippen LogP contribution in [-0.2, 0) is 12.0 Å². The normalized spacial score (nSPS) is 19.1. The number of nitrogens with one attached hydrogen (secondary N) is 1. The highest BCUT2D eigenvalue weighted by Crippen LogP contribution is 2.34. The van der Waals surface area contributed by atoms with Gasteiger partial charge in [-0.25, -0.2) is 0 Å². The third kappa shape index (κ3) is 3.32. The molecular formula is C18H19N3O4. The Morgan fingerprint density at radius 1 is 1.32 bits per heavy atom. The first-order valence-corrected chi connectivity index (χ1v) is 8.03. The van der Waals surface area contributed by atoms with E-state index in [1.54, 1.807) is 0 Å². The van der Waals surface area contributed by atoms with E-state index >= 15 is 0 Å². The summed E-state index contributed by atoms with van der Waals surface area (Å²) in [7, 11) is 0. The number of nitro benzene ring substituents is 1. The van der Waals surface area contributed by atoms with Crippen LogP contribution in [0.1, 0.15) is 34.3 Å². The lowest BCUT2D eigenvalue weighted by molar-refractivity contribution is -0.383. The largest absolute Gasteiger partial charge is 0.393 e. The first kappa shape index (κ1) is 16.9. The van der Waals surface area contributed by atoms with Crippen LogP contribution in [-0.4, -0.2) is 22.5 Å². The third-order valence-electron chi connectivity index (χ3n) is 4.59. The van der Waals surface area contributed by atoms with Gasteiger partial charge in [0.1, 0.15) is 11.3 Å². The van der Waals surface area contributed by atoms with Crippen molar-refractivity contribution in [3.63, 3.8) is 0 Å². The zero-order chi connectivity index (χ0) is 18.0. The van der Waals surface area contributed by atoms with Crippen molar-refractivity contribution in [1.82, 2.24) is 5.32 Å². The summed E-state index contributed by atoms with van der Waals surface area (Å²) in [6, 6.07) is 11.5. The maximum Gasteiger partial charge on any atom is 0.292 e. The SMILES string of the molecule is Nc1ccc(C(=O)NC[C@]2(O)CCCc3ccccc32)cc1[N+](=O)[O-]. The maximum absolute atomic E-state index is 12.3. The standard InChI is InChI=1S/C18H19N3O4/c19-15-8-7-13(10-16(15)21(24)25)17(22)20-11-18(23)9-3-5-12-4-1-2-6-14(12)18/h1-2,4,6-8,10,23H,3,5,9,11,19H2,(H,20,22)/t18-/m1/s1. The molecule has 1 aliphatic rings. The Labute approximate surface area is 144 Å². The van der Waals surface area contributed by atoms with E-state index in [0.717, 1.165) is 30.0 Å². The Hall–Kier alpha value is -2.93. The Balaban J connectivity index is 1.77. The molecule has 0 unspecified atom stereocenters. The molecule has 0 aliphatic heterocycles. The van der Waals surface area contributed by atoms with Gasteiger partial charge < -0.3 is 16.2 Å². The van der Waals surface area contributed by atoms with Crippen LogP contribution < -0.4 is 11.1 Å². The van der Waals surface area contributed by atoms with Gasteiger partial charge in [0, 0.05) is 11.6 Å². The average Bonchev–Trinajstić information content (AvgIpc) is 2.60. The molecule has 0 aromatic heterocycles. The molecule has 0 saturated carbocycles. The molecule has 0 bridgehead atoms. The molecule has 2 aromatic rings. The van der Waals surface area contributed by atoms with Gasteiger partial charge in [0.2, 0.25) is 0 Å². The summed E-state index contributed by atoms with van der Waals surface area (Å²) in [5.41, 5.74) is 6.13. The minimum Gasteiger partial charge on any atom is -0.393 e. The fourth-order valence-corrected chi connectivity index (χ4v) is 3.25. The quantitative estimate of drug-likeness (QED) is 0.447. The lowest BCUT2D eigenvalue weighted by Crippen LogP contribution is -2.43. The Morgan fingerprint density at radius 3 is 2.84 bits per heavy atom. The summed E-state index contributed by atoms with van der Waals surface area (Å²) < 4.78 is 0. The molecule has 1 aliphatic carbocycles. The number of carbonyl (C=O) groups is 1. The van der Waals surface area contributed by atoms with Crippen LogP contribution in [0.3, 0.4) is 0 Å². The van der Waals surface area contributed by atoms with Gasteiger partial charge >= 0.3 is 0 Å². The number of aryl methyl sites for hydroxylation is 1. The topological polar surface area (TPSA) is 118 Å². The number of rotatable bonds is 4. The highest BCUT2D eigenvalue weighted by atomic mass is 16.6. The summed E-state index contributed by atoms with van der Waals surface area (Å²) in [6.45, 7) is 0.0427. The van der Waals surface area contributed by atoms with Gasteiger partial charge in [0.15, 0.2) is 0 Å². The summed E-state index contributed by atoms with van der Waals surface area (Å²) in [6.07, 6.45) is 2.28. The van der Waals surface area contributed by atoms with E-state index in [2.05, 4.69) is 5.32 Å². The zero-order valence-corrected chi connectivity index (χ0v) is 13.6. The molecule has 130 valence electrons. The van der Waals surface area contributed by atoms with Gasteiger partial charge in [-0.3, -0.25) is 14.9 Å². The van der Waals surface area contributed by atoms with Crippen molar-refractivity contribution in [2.75, 3.05) is 12.3 Å². The highest BCUT2D eigenvalue weighted by molar-refractivity contribution is 5.95. The maximum atomic E-state index is 12.3. The van der Waals surface area contributed by atoms with E-state index in [4.69, 9.17) is 5.73 Å². The van der Waals surface area contributed by atoms with Crippen molar-refractivity contribution in [2.45, 2.75) is 24.9 Å². The first-order valence-electron chi connectivity index (χ1n) is 8.03. The van der Waals surface area contributed by atoms with Gasteiger partial charge in [0.05, 0.1) is 11.5 Å². The molecule has 2 aromatic carbocycles. The number of hydrogen-bond donors (Lipinski definition) is 3. The molecular weight excluding hydrogens is 322 g/mol. The van der Waals surface area contributed by atoms with E-state index in [0.29, 0.717) is 6.42 Å². The lowest BCUT2D eigenvalue weighted by Gasteiger charge is -2.34. The first-order chi connectivity index (χ1) is 11.9. The Bertz CT molecular complexity index is 837. The van der Waals surface area contributed by atoms with Crippen molar-refractivity contribution in [3.05, 3.63) is 69.3 Å². The summed E-state index contributed by atoms with van der Waals surface area (Å²) in [5, 5.41) is 24.6. The zero-order valence-electron chi connectivity index (χ0n) is 13.6. The second-order valence-corrected chi connectivity index (χ2v) is 6.26. The van der Waals surface area contributed by atoms with Crippen LogP contribution >= 0.6 is 0 Å². The van der Waals surface area contributed by atoms with Gasteiger partial charge in [0.25, 0.3) is 11.6 Å². The van der Waals surface area contributed by atoms with Crippen LogP contribution in [0.15, 0.2) is 42.5 Å². The van der Waals surface area contributed by atoms with Crippen molar-refractivity contribution < 1.29 is 14.8 Å². The second kappa shape index (κ2) is 6.52.